The molecule has 0 unspecified atom stereocenters. The molecule has 0 fully saturated rings. The van der Waals surface area contributed by atoms with E-state index in [1.807, 2.05) is 13.0 Å². The minimum absolute atomic E-state index is 0.500. The van der Waals surface area contributed by atoms with E-state index in [2.05, 4.69) is 5.10 Å². The lowest BCUT2D eigenvalue weighted by molar-refractivity contribution is 0.636. The van der Waals surface area contributed by atoms with Gasteiger partial charge in [0.1, 0.15) is 6.07 Å². The summed E-state index contributed by atoms with van der Waals surface area (Å²) in [6, 6.07) is 2.00. The van der Waals surface area contributed by atoms with E-state index in [4.69, 9.17) is 5.26 Å². The van der Waals surface area contributed by atoms with E-state index in [-0.39, 0.29) is 0 Å². The van der Waals surface area contributed by atoms with Crippen molar-refractivity contribution in [2.75, 3.05) is 7.18 Å². The highest BCUT2D eigenvalue weighted by atomic mass is 19.1. The van der Waals surface area contributed by atoms with E-state index < -0.39 is 0 Å². The van der Waals surface area contributed by atoms with Crippen LogP contribution >= 0.6 is 0 Å². The molecule has 0 N–H and O–H groups in total. The third-order valence-electron chi connectivity index (χ3n) is 1.09. The monoisotopic (exact) mass is 155 g/mol. The summed E-state index contributed by atoms with van der Waals surface area (Å²) in [6.07, 6.45) is 3.28. The second kappa shape index (κ2) is 5.42. The van der Waals surface area contributed by atoms with Crippen LogP contribution in [0.5, 0.6) is 0 Å². The topological polar surface area (TPSA) is 41.6 Å². The smallest absolute Gasteiger partial charge is 0.102 e. The molecule has 11 heavy (non-hydrogen) atoms. The van der Waals surface area contributed by atoms with Crippen LogP contribution in [-0.4, -0.2) is 17.0 Å². The summed E-state index contributed by atoms with van der Waals surface area (Å²) in [5.41, 5.74) is 0.622. The SMILES string of the molecule is CCn1cc(C#N)cn1.CF. The van der Waals surface area contributed by atoms with Gasteiger partial charge >= 0.3 is 0 Å². The minimum atomic E-state index is 0.500. The molecule has 0 saturated heterocycles. The van der Waals surface area contributed by atoms with E-state index in [0.717, 1.165) is 6.54 Å². The number of nitriles is 1. The Labute approximate surface area is 65.1 Å². The van der Waals surface area contributed by atoms with E-state index in [1.165, 1.54) is 0 Å². The van der Waals surface area contributed by atoms with Gasteiger partial charge in [0.2, 0.25) is 0 Å². The molecule has 0 saturated carbocycles. The molecule has 1 rings (SSSR count). The van der Waals surface area contributed by atoms with Crippen LogP contribution in [0.1, 0.15) is 12.5 Å². The second-order valence-electron chi connectivity index (χ2n) is 1.70. The largest absolute Gasteiger partial charge is 0.272 e. The van der Waals surface area contributed by atoms with Crippen LogP contribution in [0.15, 0.2) is 12.4 Å². The van der Waals surface area contributed by atoms with Crippen molar-refractivity contribution >= 4 is 0 Å². The molecular formula is C7H10FN3. The molecule has 60 valence electrons. The van der Waals surface area contributed by atoms with Gasteiger partial charge in [0.05, 0.1) is 18.9 Å². The van der Waals surface area contributed by atoms with Crippen LogP contribution in [0.3, 0.4) is 0 Å². The first kappa shape index (κ1) is 9.63. The first-order valence-electron chi connectivity index (χ1n) is 3.17. The van der Waals surface area contributed by atoms with Crippen LogP contribution in [-0.2, 0) is 6.54 Å². The van der Waals surface area contributed by atoms with Gasteiger partial charge in [-0.2, -0.15) is 10.4 Å². The maximum Gasteiger partial charge on any atom is 0.102 e. The fourth-order valence-corrected chi connectivity index (χ4v) is 0.594. The molecule has 3 nitrogen and oxygen atoms in total. The third kappa shape index (κ3) is 2.80. The molecule has 0 aliphatic carbocycles. The molecular weight excluding hydrogens is 145 g/mol. The van der Waals surface area contributed by atoms with Gasteiger partial charge in [-0.05, 0) is 6.92 Å². The highest BCUT2D eigenvalue weighted by Crippen LogP contribution is 1.92. The van der Waals surface area contributed by atoms with E-state index in [1.54, 1.807) is 17.1 Å². The minimum Gasteiger partial charge on any atom is -0.272 e. The Morgan fingerprint density at radius 3 is 2.64 bits per heavy atom. The second-order valence-corrected chi connectivity index (χ2v) is 1.70. The Hall–Kier alpha value is -1.37. The Morgan fingerprint density at radius 2 is 2.36 bits per heavy atom. The first-order valence-corrected chi connectivity index (χ1v) is 3.17. The lowest BCUT2D eigenvalue weighted by Gasteiger charge is -1.87. The van der Waals surface area contributed by atoms with Gasteiger partial charge in [0.25, 0.3) is 0 Å². The summed E-state index contributed by atoms with van der Waals surface area (Å²) in [5, 5.41) is 12.2. The number of nitrogens with zero attached hydrogens (tertiary/aromatic N) is 3. The molecule has 0 amide bonds. The Kier molecular flexibility index (Phi) is 4.74. The Balaban J connectivity index is 0.000000461. The van der Waals surface area contributed by atoms with Crippen molar-refractivity contribution in [3.63, 3.8) is 0 Å². The zero-order chi connectivity index (χ0) is 8.69. The average molecular weight is 155 g/mol. The molecule has 0 aliphatic rings. The Morgan fingerprint density at radius 1 is 1.73 bits per heavy atom. The molecule has 0 radical (unpaired) electrons. The number of aryl methyl sites for hydroxylation is 1. The summed E-state index contributed by atoms with van der Waals surface area (Å²) in [7, 11) is 0.500. The molecule has 1 heterocycles. The van der Waals surface area contributed by atoms with E-state index >= 15 is 0 Å². The van der Waals surface area contributed by atoms with Crippen LogP contribution < -0.4 is 0 Å². The van der Waals surface area contributed by atoms with Crippen LogP contribution in [0.2, 0.25) is 0 Å². The average Bonchev–Trinajstić information content (AvgIpc) is 2.55. The van der Waals surface area contributed by atoms with Gasteiger partial charge in [0, 0.05) is 12.7 Å². The number of rotatable bonds is 1. The molecule has 1 aromatic heterocycles. The van der Waals surface area contributed by atoms with Crippen molar-refractivity contribution in [2.45, 2.75) is 13.5 Å². The number of aromatic nitrogens is 2. The number of hydrogen-bond donors (Lipinski definition) is 0. The number of hydrogen-bond acceptors (Lipinski definition) is 2. The molecule has 0 aromatic carbocycles. The maximum atomic E-state index is 9.50. The van der Waals surface area contributed by atoms with Crippen LogP contribution in [0.4, 0.5) is 4.39 Å². The van der Waals surface area contributed by atoms with Gasteiger partial charge in [-0.3, -0.25) is 9.07 Å². The predicted octanol–water partition coefficient (Wildman–Crippen LogP) is 1.36. The predicted molar refractivity (Wildman–Crippen MR) is 39.6 cm³/mol. The molecule has 0 aliphatic heterocycles. The van der Waals surface area contributed by atoms with E-state index in [9.17, 15) is 4.39 Å². The van der Waals surface area contributed by atoms with Crippen molar-refractivity contribution in [3.8, 4) is 6.07 Å². The van der Waals surface area contributed by atoms with Crippen molar-refractivity contribution < 1.29 is 4.39 Å². The number of halogens is 1. The lowest BCUT2D eigenvalue weighted by atomic mass is 10.4. The highest BCUT2D eigenvalue weighted by molar-refractivity contribution is 5.21. The Bertz CT molecular complexity index is 236. The van der Waals surface area contributed by atoms with Crippen LogP contribution in [0, 0.1) is 11.3 Å². The quantitative estimate of drug-likeness (QED) is 0.614. The summed E-state index contributed by atoms with van der Waals surface area (Å²) in [5.74, 6) is 0. The van der Waals surface area contributed by atoms with Crippen molar-refractivity contribution in [1.29, 1.82) is 5.26 Å². The van der Waals surface area contributed by atoms with Gasteiger partial charge in [-0.25, -0.2) is 0 Å². The van der Waals surface area contributed by atoms with Gasteiger partial charge in [0.15, 0.2) is 0 Å². The fourth-order valence-electron chi connectivity index (χ4n) is 0.594. The van der Waals surface area contributed by atoms with Crippen molar-refractivity contribution in [2.24, 2.45) is 0 Å². The van der Waals surface area contributed by atoms with Gasteiger partial charge < -0.3 is 0 Å². The third-order valence-corrected chi connectivity index (χ3v) is 1.09. The first-order chi connectivity index (χ1) is 5.36. The van der Waals surface area contributed by atoms with Crippen molar-refractivity contribution in [3.05, 3.63) is 18.0 Å². The maximum absolute atomic E-state index is 9.50. The molecule has 4 heteroatoms. The summed E-state index contributed by atoms with van der Waals surface area (Å²) in [6.45, 7) is 2.80. The summed E-state index contributed by atoms with van der Waals surface area (Å²) in [4.78, 5) is 0. The summed E-state index contributed by atoms with van der Waals surface area (Å²) >= 11 is 0. The zero-order valence-corrected chi connectivity index (χ0v) is 6.58. The lowest BCUT2D eigenvalue weighted by Crippen LogP contribution is -1.91. The van der Waals surface area contributed by atoms with Crippen LogP contribution in [0.25, 0.3) is 0 Å². The molecule has 0 atom stereocenters. The van der Waals surface area contributed by atoms with Gasteiger partial charge in [-0.15, -0.1) is 0 Å². The summed E-state index contributed by atoms with van der Waals surface area (Å²) < 4.78 is 11.2. The highest BCUT2D eigenvalue weighted by Gasteiger charge is 1.91. The number of alkyl halides is 1. The van der Waals surface area contributed by atoms with E-state index in [0.29, 0.717) is 12.7 Å². The molecule has 0 spiro atoms. The van der Waals surface area contributed by atoms with Gasteiger partial charge in [-0.1, -0.05) is 0 Å². The van der Waals surface area contributed by atoms with Crippen molar-refractivity contribution in [1.82, 2.24) is 9.78 Å². The molecule has 1 aromatic rings. The molecule has 0 bridgehead atoms. The zero-order valence-electron chi connectivity index (χ0n) is 6.58. The normalized spacial score (nSPS) is 7.82. The fraction of sp³-hybridized carbons (Fsp3) is 0.429. The standard InChI is InChI=1S/C6H7N3.CH3F/c1-2-9-5-6(3-7)4-8-9;1-2/h4-5H,2H2,1H3;1H3.